The van der Waals surface area contributed by atoms with Crippen molar-refractivity contribution in [2.24, 2.45) is 5.92 Å². The van der Waals surface area contributed by atoms with Gasteiger partial charge in [0.25, 0.3) is 0 Å². The van der Waals surface area contributed by atoms with Crippen LogP contribution in [0.2, 0.25) is 0 Å². The molecule has 1 N–H and O–H groups in total. The van der Waals surface area contributed by atoms with Crippen molar-refractivity contribution < 1.29 is 4.39 Å². The second-order valence-corrected chi connectivity index (χ2v) is 5.32. The summed E-state index contributed by atoms with van der Waals surface area (Å²) < 4.78 is 13.0. The minimum atomic E-state index is -0.140. The molecule has 0 saturated heterocycles. The minimum Gasteiger partial charge on any atom is -0.310 e. The summed E-state index contributed by atoms with van der Waals surface area (Å²) in [5.74, 6) is 0.731. The van der Waals surface area contributed by atoms with Crippen molar-refractivity contribution in [3.05, 3.63) is 35.6 Å². The fourth-order valence-corrected chi connectivity index (χ4v) is 2.60. The normalized spacial score (nSPS) is 25.5. The highest BCUT2D eigenvalue weighted by molar-refractivity contribution is 5.16. The predicted octanol–water partition coefficient (Wildman–Crippen LogP) is 3.88. The lowest BCUT2D eigenvalue weighted by atomic mass is 10.0. The van der Waals surface area contributed by atoms with E-state index in [-0.39, 0.29) is 5.82 Å². The van der Waals surface area contributed by atoms with E-state index in [1.165, 1.54) is 38.2 Å². The molecule has 0 spiro atoms. The molecule has 1 aliphatic rings. The molecular formula is C15H22FN. The Morgan fingerprint density at radius 2 is 2.12 bits per heavy atom. The van der Waals surface area contributed by atoms with Gasteiger partial charge in [0, 0.05) is 12.6 Å². The molecule has 1 aromatic rings. The number of hydrogen-bond acceptors (Lipinski definition) is 1. The molecule has 17 heavy (non-hydrogen) atoms. The number of halogens is 1. The molecule has 2 unspecified atom stereocenters. The topological polar surface area (TPSA) is 12.0 Å². The minimum absolute atomic E-state index is 0.140. The van der Waals surface area contributed by atoms with E-state index in [2.05, 4.69) is 12.2 Å². The second kappa shape index (κ2) is 6.15. The third-order valence-corrected chi connectivity index (χ3v) is 3.74. The number of rotatable bonds is 3. The highest BCUT2D eigenvalue weighted by Gasteiger charge is 2.15. The molecule has 0 aliphatic heterocycles. The molecule has 0 radical (unpaired) electrons. The summed E-state index contributed by atoms with van der Waals surface area (Å²) in [7, 11) is 0. The number of benzene rings is 1. The zero-order valence-corrected chi connectivity index (χ0v) is 10.6. The first-order chi connectivity index (χ1) is 8.24. The van der Waals surface area contributed by atoms with Crippen molar-refractivity contribution in [1.82, 2.24) is 5.32 Å². The van der Waals surface area contributed by atoms with E-state index in [1.54, 1.807) is 12.1 Å². The number of hydrogen-bond donors (Lipinski definition) is 1. The third kappa shape index (κ3) is 4.12. The summed E-state index contributed by atoms with van der Waals surface area (Å²) in [6.07, 6.45) is 6.52. The molecule has 1 nitrogen and oxygen atoms in total. The second-order valence-electron chi connectivity index (χ2n) is 5.32. The van der Waals surface area contributed by atoms with E-state index in [4.69, 9.17) is 0 Å². The van der Waals surface area contributed by atoms with Gasteiger partial charge < -0.3 is 5.32 Å². The first-order valence-corrected chi connectivity index (χ1v) is 6.72. The molecular weight excluding hydrogens is 213 g/mol. The van der Waals surface area contributed by atoms with E-state index in [0.717, 1.165) is 18.0 Å². The van der Waals surface area contributed by atoms with Crippen LogP contribution in [0.3, 0.4) is 0 Å². The van der Waals surface area contributed by atoms with Gasteiger partial charge in [0.2, 0.25) is 0 Å². The summed E-state index contributed by atoms with van der Waals surface area (Å²) >= 11 is 0. The SMILES string of the molecule is CC1CCCC(NCc2cccc(F)c2)CC1. The van der Waals surface area contributed by atoms with Gasteiger partial charge in [0.15, 0.2) is 0 Å². The lowest BCUT2D eigenvalue weighted by Crippen LogP contribution is -2.27. The average molecular weight is 235 g/mol. The molecule has 1 saturated carbocycles. The molecule has 1 fully saturated rings. The highest BCUT2D eigenvalue weighted by Crippen LogP contribution is 2.22. The summed E-state index contributed by atoms with van der Waals surface area (Å²) in [6.45, 7) is 3.13. The molecule has 2 rings (SSSR count). The zero-order chi connectivity index (χ0) is 12.1. The maximum Gasteiger partial charge on any atom is 0.123 e. The quantitative estimate of drug-likeness (QED) is 0.784. The van der Waals surface area contributed by atoms with Crippen LogP contribution in [-0.2, 0) is 6.54 Å². The molecule has 1 aromatic carbocycles. The van der Waals surface area contributed by atoms with Crippen LogP contribution in [0.25, 0.3) is 0 Å². The molecule has 2 atom stereocenters. The lowest BCUT2D eigenvalue weighted by molar-refractivity contribution is 0.447. The molecule has 0 heterocycles. The van der Waals surface area contributed by atoms with Gasteiger partial charge in [-0.15, -0.1) is 0 Å². The Morgan fingerprint density at radius 3 is 2.94 bits per heavy atom. The van der Waals surface area contributed by atoms with Gasteiger partial charge in [-0.25, -0.2) is 4.39 Å². The Balaban J connectivity index is 1.81. The van der Waals surface area contributed by atoms with Crippen LogP contribution in [0.15, 0.2) is 24.3 Å². The Bertz CT molecular complexity index is 351. The predicted molar refractivity (Wildman–Crippen MR) is 69.3 cm³/mol. The summed E-state index contributed by atoms with van der Waals surface area (Å²) in [5, 5.41) is 3.56. The lowest BCUT2D eigenvalue weighted by Gasteiger charge is -2.16. The van der Waals surface area contributed by atoms with E-state index in [0.29, 0.717) is 6.04 Å². The molecule has 0 bridgehead atoms. The van der Waals surface area contributed by atoms with Gasteiger partial charge in [0.1, 0.15) is 5.82 Å². The van der Waals surface area contributed by atoms with E-state index < -0.39 is 0 Å². The van der Waals surface area contributed by atoms with Crippen molar-refractivity contribution in [1.29, 1.82) is 0 Å². The summed E-state index contributed by atoms with van der Waals surface area (Å²) in [6, 6.07) is 7.49. The third-order valence-electron chi connectivity index (χ3n) is 3.74. The van der Waals surface area contributed by atoms with E-state index >= 15 is 0 Å². The van der Waals surface area contributed by atoms with Crippen molar-refractivity contribution in [3.8, 4) is 0 Å². The van der Waals surface area contributed by atoms with Crippen LogP contribution in [0.4, 0.5) is 4.39 Å². The molecule has 0 aromatic heterocycles. The van der Waals surface area contributed by atoms with E-state index in [9.17, 15) is 4.39 Å². The Labute approximate surface area is 103 Å². The van der Waals surface area contributed by atoms with Crippen LogP contribution >= 0.6 is 0 Å². The Kier molecular flexibility index (Phi) is 4.55. The summed E-state index contributed by atoms with van der Waals surface area (Å²) in [4.78, 5) is 0. The summed E-state index contributed by atoms with van der Waals surface area (Å²) in [5.41, 5.74) is 1.04. The number of nitrogens with one attached hydrogen (secondary N) is 1. The zero-order valence-electron chi connectivity index (χ0n) is 10.6. The van der Waals surface area contributed by atoms with Crippen molar-refractivity contribution >= 4 is 0 Å². The van der Waals surface area contributed by atoms with Crippen LogP contribution < -0.4 is 5.32 Å². The smallest absolute Gasteiger partial charge is 0.123 e. The van der Waals surface area contributed by atoms with Crippen molar-refractivity contribution in [2.75, 3.05) is 0 Å². The highest BCUT2D eigenvalue weighted by atomic mass is 19.1. The van der Waals surface area contributed by atoms with Gasteiger partial charge in [-0.1, -0.05) is 31.9 Å². The van der Waals surface area contributed by atoms with Gasteiger partial charge in [-0.05, 0) is 42.9 Å². The molecule has 94 valence electrons. The maximum absolute atomic E-state index is 13.0. The molecule has 0 amide bonds. The largest absolute Gasteiger partial charge is 0.310 e. The van der Waals surface area contributed by atoms with Gasteiger partial charge in [0.05, 0.1) is 0 Å². The first-order valence-electron chi connectivity index (χ1n) is 6.72. The maximum atomic E-state index is 13.0. The van der Waals surface area contributed by atoms with Crippen LogP contribution in [-0.4, -0.2) is 6.04 Å². The first kappa shape index (κ1) is 12.6. The Morgan fingerprint density at radius 1 is 1.24 bits per heavy atom. The average Bonchev–Trinajstić information content (AvgIpc) is 2.52. The van der Waals surface area contributed by atoms with Gasteiger partial charge in [-0.3, -0.25) is 0 Å². The van der Waals surface area contributed by atoms with Crippen molar-refractivity contribution in [3.63, 3.8) is 0 Å². The van der Waals surface area contributed by atoms with Gasteiger partial charge in [-0.2, -0.15) is 0 Å². The van der Waals surface area contributed by atoms with Crippen LogP contribution in [0, 0.1) is 11.7 Å². The fourth-order valence-electron chi connectivity index (χ4n) is 2.60. The van der Waals surface area contributed by atoms with Crippen molar-refractivity contribution in [2.45, 2.75) is 51.6 Å². The van der Waals surface area contributed by atoms with Crippen LogP contribution in [0.1, 0.15) is 44.6 Å². The van der Waals surface area contributed by atoms with Crippen LogP contribution in [0.5, 0.6) is 0 Å². The fraction of sp³-hybridized carbons (Fsp3) is 0.600. The Hall–Kier alpha value is -0.890. The molecule has 2 heteroatoms. The van der Waals surface area contributed by atoms with E-state index in [1.807, 2.05) is 6.07 Å². The standard InChI is InChI=1S/C15H22FN/c1-12-4-2-7-15(9-8-12)17-11-13-5-3-6-14(16)10-13/h3,5-6,10,12,15,17H,2,4,7-9,11H2,1H3. The van der Waals surface area contributed by atoms with Gasteiger partial charge >= 0.3 is 0 Å². The monoisotopic (exact) mass is 235 g/mol. The molecule has 1 aliphatic carbocycles.